The number of aromatic carboxylic acids is 1. The number of carbonyl (C=O) groups excluding carboxylic acids is 1. The van der Waals surface area contributed by atoms with E-state index in [1.165, 1.54) is 25.3 Å². The van der Waals surface area contributed by atoms with Crippen LogP contribution >= 0.6 is 11.6 Å². The zero-order valence-corrected chi connectivity index (χ0v) is 17.4. The predicted molar refractivity (Wildman–Crippen MR) is 120 cm³/mol. The van der Waals surface area contributed by atoms with Gasteiger partial charge in [-0.15, -0.1) is 0 Å². The third kappa shape index (κ3) is 6.10. The first-order chi connectivity index (χ1) is 15.0. The molecule has 6 nitrogen and oxygen atoms in total. The minimum absolute atomic E-state index is 0.0214. The molecule has 3 aromatic carbocycles. The summed E-state index contributed by atoms with van der Waals surface area (Å²) in [5.74, 6) is -0.475. The molecule has 0 saturated carbocycles. The van der Waals surface area contributed by atoms with Gasteiger partial charge in [-0.3, -0.25) is 4.79 Å². The molecule has 0 fully saturated rings. The van der Waals surface area contributed by atoms with Gasteiger partial charge in [0.1, 0.15) is 6.61 Å². The lowest BCUT2D eigenvalue weighted by Crippen LogP contribution is -2.11. The van der Waals surface area contributed by atoms with E-state index in [1.807, 2.05) is 12.1 Å². The second-order valence-corrected chi connectivity index (χ2v) is 6.94. The van der Waals surface area contributed by atoms with Gasteiger partial charge in [0.15, 0.2) is 11.5 Å². The van der Waals surface area contributed by atoms with Crippen LogP contribution in [0.1, 0.15) is 21.5 Å². The summed E-state index contributed by atoms with van der Waals surface area (Å²) in [7, 11) is 1.54. The van der Waals surface area contributed by atoms with Crippen LogP contribution in [0.4, 0.5) is 5.69 Å². The summed E-state index contributed by atoms with van der Waals surface area (Å²) in [5, 5.41) is 12.4. The highest BCUT2D eigenvalue weighted by Crippen LogP contribution is 2.29. The van der Waals surface area contributed by atoms with Crippen molar-refractivity contribution >= 4 is 35.2 Å². The smallest absolute Gasteiger partial charge is 0.337 e. The molecule has 3 rings (SSSR count). The minimum Gasteiger partial charge on any atom is -0.493 e. The molecule has 0 heterocycles. The number of hydrogen-bond acceptors (Lipinski definition) is 4. The number of carboxylic acid groups (broad SMARTS) is 1. The first-order valence-corrected chi connectivity index (χ1v) is 9.70. The molecule has 0 bridgehead atoms. The van der Waals surface area contributed by atoms with Crippen molar-refractivity contribution in [3.63, 3.8) is 0 Å². The molecule has 1 amide bonds. The number of carbonyl (C=O) groups is 2. The van der Waals surface area contributed by atoms with Crippen molar-refractivity contribution in [3.8, 4) is 11.5 Å². The topological polar surface area (TPSA) is 84.9 Å². The normalized spacial score (nSPS) is 10.6. The predicted octanol–water partition coefficient (Wildman–Crippen LogP) is 5.28. The largest absolute Gasteiger partial charge is 0.493 e. The van der Waals surface area contributed by atoms with Gasteiger partial charge in [0, 0.05) is 11.1 Å². The van der Waals surface area contributed by atoms with Crippen molar-refractivity contribution in [2.24, 2.45) is 0 Å². The van der Waals surface area contributed by atoms with Gasteiger partial charge in [-0.1, -0.05) is 41.9 Å². The summed E-state index contributed by atoms with van der Waals surface area (Å²) in [6.45, 7) is 0.355. The third-order valence-corrected chi connectivity index (χ3v) is 4.59. The zero-order chi connectivity index (χ0) is 22.2. The van der Waals surface area contributed by atoms with Crippen LogP contribution < -0.4 is 14.8 Å². The maximum atomic E-state index is 12.2. The van der Waals surface area contributed by atoms with Crippen LogP contribution in [-0.2, 0) is 11.4 Å². The van der Waals surface area contributed by atoms with Crippen molar-refractivity contribution < 1.29 is 24.2 Å². The Labute approximate surface area is 184 Å². The fraction of sp³-hybridized carbons (Fsp3) is 0.0833. The Hall–Kier alpha value is -3.77. The number of amides is 1. The number of anilines is 1. The van der Waals surface area contributed by atoms with E-state index in [0.29, 0.717) is 23.1 Å². The maximum Gasteiger partial charge on any atom is 0.337 e. The molecule has 0 radical (unpaired) electrons. The number of ether oxygens (including phenoxy) is 2. The van der Waals surface area contributed by atoms with Crippen LogP contribution in [0.5, 0.6) is 11.5 Å². The van der Waals surface area contributed by atoms with E-state index in [9.17, 15) is 14.7 Å². The van der Waals surface area contributed by atoms with Crippen LogP contribution in [0.3, 0.4) is 0 Å². The molecular formula is C24H20ClNO5. The molecule has 0 saturated heterocycles. The lowest BCUT2D eigenvalue weighted by molar-refractivity contribution is -0.111. The second kappa shape index (κ2) is 10.3. The number of hydrogen-bond donors (Lipinski definition) is 2. The highest BCUT2D eigenvalue weighted by atomic mass is 35.5. The van der Waals surface area contributed by atoms with Gasteiger partial charge in [0.05, 0.1) is 18.4 Å². The SMILES string of the molecule is COc1cc(/C=C/C(=O)Nc2ccccc2C(=O)O)ccc1OCc1ccc(Cl)cc1. The first-order valence-electron chi connectivity index (χ1n) is 9.33. The Morgan fingerprint density at radius 3 is 2.48 bits per heavy atom. The Morgan fingerprint density at radius 1 is 1.03 bits per heavy atom. The van der Waals surface area contributed by atoms with Gasteiger partial charge in [-0.05, 0) is 53.6 Å². The lowest BCUT2D eigenvalue weighted by Gasteiger charge is -2.11. The average Bonchev–Trinajstić information content (AvgIpc) is 2.77. The van der Waals surface area contributed by atoms with E-state index in [-0.39, 0.29) is 11.3 Å². The van der Waals surface area contributed by atoms with Crippen LogP contribution in [-0.4, -0.2) is 24.1 Å². The summed E-state index contributed by atoms with van der Waals surface area (Å²) in [4.78, 5) is 23.5. The Bertz CT molecular complexity index is 1110. The molecule has 7 heteroatoms. The number of para-hydroxylation sites is 1. The van der Waals surface area contributed by atoms with Crippen LogP contribution in [0.15, 0.2) is 72.8 Å². The van der Waals surface area contributed by atoms with E-state index in [0.717, 1.165) is 11.1 Å². The molecule has 31 heavy (non-hydrogen) atoms. The van der Waals surface area contributed by atoms with Crippen LogP contribution in [0.2, 0.25) is 5.02 Å². The Kier molecular flexibility index (Phi) is 7.30. The van der Waals surface area contributed by atoms with E-state index >= 15 is 0 Å². The van der Waals surface area contributed by atoms with Gasteiger partial charge in [-0.2, -0.15) is 0 Å². The second-order valence-electron chi connectivity index (χ2n) is 6.50. The minimum atomic E-state index is -1.11. The third-order valence-electron chi connectivity index (χ3n) is 4.34. The summed E-state index contributed by atoms with van der Waals surface area (Å²) in [6.07, 6.45) is 2.92. The summed E-state index contributed by atoms with van der Waals surface area (Å²) < 4.78 is 11.2. The quantitative estimate of drug-likeness (QED) is 0.468. The Balaban J connectivity index is 1.66. The molecule has 0 aromatic heterocycles. The van der Waals surface area contributed by atoms with E-state index in [2.05, 4.69) is 5.32 Å². The fourth-order valence-electron chi connectivity index (χ4n) is 2.77. The molecular weight excluding hydrogens is 418 g/mol. The van der Waals surface area contributed by atoms with E-state index in [1.54, 1.807) is 48.5 Å². The van der Waals surface area contributed by atoms with E-state index in [4.69, 9.17) is 21.1 Å². The van der Waals surface area contributed by atoms with Crippen molar-refractivity contribution in [3.05, 3.63) is 94.5 Å². The maximum absolute atomic E-state index is 12.2. The summed E-state index contributed by atoms with van der Waals surface area (Å²) in [6, 6.07) is 18.8. The van der Waals surface area contributed by atoms with Crippen molar-refractivity contribution in [2.45, 2.75) is 6.61 Å². The van der Waals surface area contributed by atoms with Gasteiger partial charge in [0.2, 0.25) is 5.91 Å². The molecule has 0 aliphatic carbocycles. The monoisotopic (exact) mass is 437 g/mol. The number of benzene rings is 3. The van der Waals surface area contributed by atoms with Gasteiger partial charge < -0.3 is 19.9 Å². The van der Waals surface area contributed by atoms with Crippen molar-refractivity contribution in [2.75, 3.05) is 12.4 Å². The number of carboxylic acids is 1. The van der Waals surface area contributed by atoms with E-state index < -0.39 is 11.9 Å². The number of rotatable bonds is 8. The Morgan fingerprint density at radius 2 is 1.77 bits per heavy atom. The highest BCUT2D eigenvalue weighted by Gasteiger charge is 2.10. The van der Waals surface area contributed by atoms with Gasteiger partial charge >= 0.3 is 5.97 Å². The standard InChI is InChI=1S/C24H20ClNO5/c1-30-22-14-16(8-12-21(22)31-15-17-6-10-18(25)11-7-17)9-13-23(27)26-20-5-3-2-4-19(20)24(28)29/h2-14H,15H2,1H3,(H,26,27)(H,28,29)/b13-9+. The van der Waals surface area contributed by atoms with Crippen LogP contribution in [0, 0.1) is 0 Å². The highest BCUT2D eigenvalue weighted by molar-refractivity contribution is 6.30. The molecule has 0 spiro atoms. The van der Waals surface area contributed by atoms with Crippen molar-refractivity contribution in [1.82, 2.24) is 0 Å². The molecule has 2 N–H and O–H groups in total. The molecule has 0 aliphatic heterocycles. The average molecular weight is 438 g/mol. The number of methoxy groups -OCH3 is 1. The number of halogens is 1. The van der Waals surface area contributed by atoms with Crippen LogP contribution in [0.25, 0.3) is 6.08 Å². The number of nitrogens with one attached hydrogen (secondary N) is 1. The molecule has 0 aliphatic rings. The summed E-state index contributed by atoms with van der Waals surface area (Å²) in [5.41, 5.74) is 1.94. The molecule has 0 atom stereocenters. The fourth-order valence-corrected chi connectivity index (χ4v) is 2.90. The van der Waals surface area contributed by atoms with Gasteiger partial charge in [-0.25, -0.2) is 4.79 Å². The summed E-state index contributed by atoms with van der Waals surface area (Å²) >= 11 is 5.89. The van der Waals surface area contributed by atoms with Gasteiger partial charge in [0.25, 0.3) is 0 Å². The first kappa shape index (κ1) is 21.9. The molecule has 0 unspecified atom stereocenters. The van der Waals surface area contributed by atoms with Crippen molar-refractivity contribution in [1.29, 1.82) is 0 Å². The molecule has 3 aromatic rings. The molecule has 158 valence electrons. The zero-order valence-electron chi connectivity index (χ0n) is 16.7. The lowest BCUT2D eigenvalue weighted by atomic mass is 10.1.